The molecule has 0 unspecified atom stereocenters. The molecule has 0 bridgehead atoms. The van der Waals surface area contributed by atoms with Crippen LogP contribution in [0.3, 0.4) is 0 Å². The number of benzene rings is 3. The molecular formula is C24H23NO. The van der Waals surface area contributed by atoms with Crippen LogP contribution < -0.4 is 0 Å². The second-order valence-electron chi connectivity index (χ2n) is 7.22. The Morgan fingerprint density at radius 3 is 2.19 bits per heavy atom. The van der Waals surface area contributed by atoms with Crippen molar-refractivity contribution in [2.45, 2.75) is 33.9 Å². The molecule has 0 N–H and O–H groups in total. The molecule has 0 fully saturated rings. The molecule has 0 radical (unpaired) electrons. The second-order valence-corrected chi connectivity index (χ2v) is 7.22. The van der Waals surface area contributed by atoms with Gasteiger partial charge in [0.2, 0.25) is 0 Å². The Balaban J connectivity index is 1.70. The minimum Gasteiger partial charge on any atom is -0.330 e. The summed E-state index contributed by atoms with van der Waals surface area (Å²) in [5.41, 5.74) is 9.72. The van der Waals surface area contributed by atoms with E-state index in [1.54, 1.807) is 0 Å². The predicted octanol–water partition coefficient (Wildman–Crippen LogP) is 5.43. The molecule has 0 spiro atoms. The summed E-state index contributed by atoms with van der Waals surface area (Å²) in [6.07, 6.45) is 0. The van der Waals surface area contributed by atoms with E-state index in [1.165, 1.54) is 38.9 Å². The van der Waals surface area contributed by atoms with Crippen molar-refractivity contribution in [1.82, 2.24) is 4.90 Å². The number of hydrogen-bond acceptors (Lipinski definition) is 1. The number of aryl methyl sites for hydroxylation is 2. The van der Waals surface area contributed by atoms with Gasteiger partial charge in [-0.2, -0.15) is 0 Å². The smallest absolute Gasteiger partial charge is 0.254 e. The minimum atomic E-state index is 0.109. The van der Waals surface area contributed by atoms with Crippen LogP contribution in [0.1, 0.15) is 38.2 Å². The third-order valence-corrected chi connectivity index (χ3v) is 5.43. The van der Waals surface area contributed by atoms with Gasteiger partial charge >= 0.3 is 0 Å². The maximum absolute atomic E-state index is 12.9. The second kappa shape index (κ2) is 6.45. The van der Waals surface area contributed by atoms with Gasteiger partial charge in [-0.25, -0.2) is 0 Å². The zero-order valence-corrected chi connectivity index (χ0v) is 15.5. The summed E-state index contributed by atoms with van der Waals surface area (Å²) in [5.74, 6) is 0.109. The Hall–Kier alpha value is -2.87. The highest BCUT2D eigenvalue weighted by molar-refractivity contribution is 5.94. The van der Waals surface area contributed by atoms with E-state index in [1.807, 2.05) is 35.2 Å². The maximum atomic E-state index is 12.9. The van der Waals surface area contributed by atoms with Crippen molar-refractivity contribution in [3.63, 3.8) is 0 Å². The van der Waals surface area contributed by atoms with Crippen LogP contribution >= 0.6 is 0 Å². The van der Waals surface area contributed by atoms with E-state index >= 15 is 0 Å². The molecule has 1 aliphatic heterocycles. The number of fused-ring (bicyclic) bond motifs is 1. The molecule has 0 atom stereocenters. The Kier molecular flexibility index (Phi) is 4.12. The molecule has 0 saturated carbocycles. The van der Waals surface area contributed by atoms with Crippen molar-refractivity contribution in [1.29, 1.82) is 0 Å². The molecule has 1 amide bonds. The van der Waals surface area contributed by atoms with E-state index in [4.69, 9.17) is 0 Å². The molecule has 2 heteroatoms. The average Bonchev–Trinajstić information content (AvgIpc) is 3.12. The van der Waals surface area contributed by atoms with Gasteiger partial charge < -0.3 is 4.90 Å². The number of hydrogen-bond donors (Lipinski definition) is 0. The summed E-state index contributed by atoms with van der Waals surface area (Å²) in [6.45, 7) is 7.84. The molecule has 3 aromatic rings. The first-order valence-electron chi connectivity index (χ1n) is 9.08. The van der Waals surface area contributed by atoms with Gasteiger partial charge in [0.15, 0.2) is 0 Å². The van der Waals surface area contributed by atoms with Crippen LogP contribution in [0.15, 0.2) is 60.7 Å². The van der Waals surface area contributed by atoms with Gasteiger partial charge in [-0.15, -0.1) is 0 Å². The Morgan fingerprint density at radius 1 is 0.846 bits per heavy atom. The topological polar surface area (TPSA) is 20.3 Å². The van der Waals surface area contributed by atoms with Gasteiger partial charge in [0.05, 0.1) is 0 Å². The SMILES string of the molecule is Cc1ccc(-c2cc(C)c3c(c2C)CN(C(=O)c2ccccc2)C3)cc1. The van der Waals surface area contributed by atoms with Gasteiger partial charge in [-0.3, -0.25) is 4.79 Å². The standard InChI is InChI=1S/C24H23NO/c1-16-9-11-19(12-10-16)21-13-17(2)22-14-25(15-23(22)18(21)3)24(26)20-7-5-4-6-8-20/h4-13H,14-15H2,1-3H3. The van der Waals surface area contributed by atoms with Crippen LogP contribution in [0.25, 0.3) is 11.1 Å². The number of amides is 1. The molecule has 0 aliphatic carbocycles. The van der Waals surface area contributed by atoms with Crippen molar-refractivity contribution in [2.24, 2.45) is 0 Å². The minimum absolute atomic E-state index is 0.109. The molecule has 2 nitrogen and oxygen atoms in total. The quantitative estimate of drug-likeness (QED) is 0.608. The normalized spacial score (nSPS) is 13.0. The van der Waals surface area contributed by atoms with Crippen molar-refractivity contribution in [3.05, 3.63) is 94.0 Å². The average molecular weight is 341 g/mol. The number of nitrogens with zero attached hydrogens (tertiary/aromatic N) is 1. The van der Waals surface area contributed by atoms with Crippen molar-refractivity contribution in [2.75, 3.05) is 0 Å². The monoisotopic (exact) mass is 341 g/mol. The first kappa shape index (κ1) is 16.6. The Labute approximate surface area is 155 Å². The summed E-state index contributed by atoms with van der Waals surface area (Å²) in [7, 11) is 0. The lowest BCUT2D eigenvalue weighted by Crippen LogP contribution is -2.25. The third-order valence-electron chi connectivity index (χ3n) is 5.43. The highest BCUT2D eigenvalue weighted by Crippen LogP contribution is 2.36. The van der Waals surface area contributed by atoms with Crippen molar-refractivity contribution >= 4 is 5.91 Å². The molecule has 1 heterocycles. The van der Waals surface area contributed by atoms with E-state index in [0.717, 1.165) is 5.56 Å². The van der Waals surface area contributed by atoms with E-state index in [0.29, 0.717) is 13.1 Å². The molecule has 0 saturated heterocycles. The lowest BCUT2D eigenvalue weighted by molar-refractivity contribution is 0.0751. The van der Waals surface area contributed by atoms with Gasteiger partial charge in [0.25, 0.3) is 5.91 Å². The van der Waals surface area contributed by atoms with Gasteiger partial charge in [0.1, 0.15) is 0 Å². The molecule has 0 aromatic heterocycles. The predicted molar refractivity (Wildman–Crippen MR) is 106 cm³/mol. The third kappa shape index (κ3) is 2.82. The molecule has 130 valence electrons. The summed E-state index contributed by atoms with van der Waals surface area (Å²) < 4.78 is 0. The number of carbonyl (C=O) groups is 1. The summed E-state index contributed by atoms with van der Waals surface area (Å²) in [4.78, 5) is 14.8. The molecule has 4 rings (SSSR count). The molecule has 26 heavy (non-hydrogen) atoms. The Bertz CT molecular complexity index is 971. The van der Waals surface area contributed by atoms with E-state index in [-0.39, 0.29) is 5.91 Å². The van der Waals surface area contributed by atoms with E-state index in [9.17, 15) is 4.79 Å². The van der Waals surface area contributed by atoms with Crippen molar-refractivity contribution in [3.8, 4) is 11.1 Å². The number of rotatable bonds is 2. The lowest BCUT2D eigenvalue weighted by Gasteiger charge is -2.15. The lowest BCUT2D eigenvalue weighted by atomic mass is 9.91. The van der Waals surface area contributed by atoms with Crippen molar-refractivity contribution < 1.29 is 4.79 Å². The first-order chi connectivity index (χ1) is 12.5. The van der Waals surface area contributed by atoms with Crippen LogP contribution in [0, 0.1) is 20.8 Å². The zero-order chi connectivity index (χ0) is 18.3. The Morgan fingerprint density at radius 2 is 1.50 bits per heavy atom. The highest BCUT2D eigenvalue weighted by atomic mass is 16.2. The van der Waals surface area contributed by atoms with Crippen LogP contribution in [-0.4, -0.2) is 10.8 Å². The fraction of sp³-hybridized carbons (Fsp3) is 0.208. The summed E-state index contributed by atoms with van der Waals surface area (Å²) in [6, 6.07) is 20.5. The first-order valence-corrected chi connectivity index (χ1v) is 9.08. The molecule has 3 aromatic carbocycles. The van der Waals surface area contributed by atoms with Crippen LogP contribution in [0.4, 0.5) is 0 Å². The highest BCUT2D eigenvalue weighted by Gasteiger charge is 2.28. The van der Waals surface area contributed by atoms with E-state index in [2.05, 4.69) is 51.1 Å². The summed E-state index contributed by atoms with van der Waals surface area (Å²) >= 11 is 0. The van der Waals surface area contributed by atoms with Gasteiger partial charge in [-0.1, -0.05) is 54.1 Å². The number of carbonyl (C=O) groups excluding carboxylic acids is 1. The maximum Gasteiger partial charge on any atom is 0.254 e. The van der Waals surface area contributed by atoms with Crippen LogP contribution in [0.2, 0.25) is 0 Å². The van der Waals surface area contributed by atoms with Gasteiger partial charge in [0, 0.05) is 18.7 Å². The fourth-order valence-corrected chi connectivity index (χ4v) is 3.85. The fourth-order valence-electron chi connectivity index (χ4n) is 3.85. The summed E-state index contributed by atoms with van der Waals surface area (Å²) in [5, 5.41) is 0. The largest absolute Gasteiger partial charge is 0.330 e. The molecule has 1 aliphatic rings. The van der Waals surface area contributed by atoms with Gasteiger partial charge in [-0.05, 0) is 66.3 Å². The van der Waals surface area contributed by atoms with E-state index < -0.39 is 0 Å². The zero-order valence-electron chi connectivity index (χ0n) is 15.5. The van der Waals surface area contributed by atoms with Crippen LogP contribution in [0.5, 0.6) is 0 Å². The molecular weight excluding hydrogens is 318 g/mol. The van der Waals surface area contributed by atoms with Crippen LogP contribution in [-0.2, 0) is 13.1 Å².